The van der Waals surface area contributed by atoms with E-state index in [2.05, 4.69) is 10.1 Å². The van der Waals surface area contributed by atoms with Gasteiger partial charge >= 0.3 is 0 Å². The van der Waals surface area contributed by atoms with Crippen molar-refractivity contribution < 1.29 is 13.7 Å². The normalized spacial score (nSPS) is 14.2. The van der Waals surface area contributed by atoms with Crippen molar-refractivity contribution in [2.45, 2.75) is 33.2 Å². The first-order valence-electron chi connectivity index (χ1n) is 8.01. The molecule has 2 aromatic heterocycles. The highest BCUT2D eigenvalue weighted by Crippen LogP contribution is 2.28. The molecule has 0 bridgehead atoms. The smallest absolute Gasteiger partial charge is 0.227 e. The first kappa shape index (κ1) is 14.9. The third-order valence-corrected chi connectivity index (χ3v) is 4.80. The van der Waals surface area contributed by atoms with E-state index >= 15 is 0 Å². The molecule has 4 rings (SSSR count). The Hall–Kier alpha value is -2.63. The molecule has 1 aliphatic rings. The maximum atomic E-state index is 13.6. The minimum atomic E-state index is -0.261. The predicted octanol–water partition coefficient (Wildman–Crippen LogP) is 3.04. The zero-order valence-corrected chi connectivity index (χ0v) is 13.6. The molecule has 0 atom stereocenters. The number of nitrogens with one attached hydrogen (secondary N) is 1. The van der Waals surface area contributed by atoms with E-state index in [0.29, 0.717) is 18.8 Å². The lowest BCUT2D eigenvalue weighted by molar-refractivity contribution is -0.131. The van der Waals surface area contributed by atoms with Crippen LogP contribution in [0.5, 0.6) is 0 Å². The Balaban J connectivity index is 1.60. The molecule has 124 valence electrons. The third kappa shape index (κ3) is 2.38. The molecule has 5 nitrogen and oxygen atoms in total. The molecule has 1 amide bonds. The minimum absolute atomic E-state index is 0.0424. The van der Waals surface area contributed by atoms with Crippen molar-refractivity contribution in [1.82, 2.24) is 15.0 Å². The lowest BCUT2D eigenvalue weighted by atomic mass is 10.0. The molecule has 0 saturated heterocycles. The van der Waals surface area contributed by atoms with Gasteiger partial charge < -0.3 is 14.4 Å². The molecule has 1 aromatic carbocycles. The number of amides is 1. The van der Waals surface area contributed by atoms with Crippen molar-refractivity contribution in [3.63, 3.8) is 0 Å². The number of nitrogens with zero attached hydrogens (tertiary/aromatic N) is 2. The number of benzene rings is 1. The molecule has 3 heterocycles. The van der Waals surface area contributed by atoms with E-state index in [-0.39, 0.29) is 18.1 Å². The highest BCUT2D eigenvalue weighted by molar-refractivity contribution is 5.86. The van der Waals surface area contributed by atoms with Crippen LogP contribution >= 0.6 is 0 Å². The third-order valence-electron chi connectivity index (χ3n) is 4.80. The van der Waals surface area contributed by atoms with E-state index in [0.717, 1.165) is 39.8 Å². The highest BCUT2D eigenvalue weighted by Gasteiger charge is 2.25. The first-order valence-corrected chi connectivity index (χ1v) is 8.01. The zero-order valence-electron chi connectivity index (χ0n) is 13.6. The van der Waals surface area contributed by atoms with Crippen LogP contribution in [0.4, 0.5) is 4.39 Å². The molecular formula is C18H18FN3O2. The Kier molecular flexibility index (Phi) is 3.40. The van der Waals surface area contributed by atoms with Gasteiger partial charge in [0.05, 0.1) is 12.1 Å². The number of fused-ring (bicyclic) bond motifs is 3. The number of aryl methyl sites for hydroxylation is 2. The molecule has 3 aromatic rings. The summed E-state index contributed by atoms with van der Waals surface area (Å²) < 4.78 is 18.7. The summed E-state index contributed by atoms with van der Waals surface area (Å²) in [5, 5.41) is 4.76. The number of halogens is 1. The molecule has 24 heavy (non-hydrogen) atoms. The van der Waals surface area contributed by atoms with Gasteiger partial charge in [0.2, 0.25) is 5.91 Å². The van der Waals surface area contributed by atoms with Gasteiger partial charge in [-0.1, -0.05) is 5.16 Å². The first-order chi connectivity index (χ1) is 11.5. The number of rotatable bonds is 2. The molecule has 0 saturated carbocycles. The van der Waals surface area contributed by atoms with Crippen molar-refractivity contribution in [2.75, 3.05) is 6.54 Å². The number of carbonyl (C=O) groups is 1. The van der Waals surface area contributed by atoms with Gasteiger partial charge in [0.15, 0.2) is 0 Å². The summed E-state index contributed by atoms with van der Waals surface area (Å²) in [6, 6.07) is 4.73. The molecule has 0 spiro atoms. The maximum Gasteiger partial charge on any atom is 0.227 e. The average Bonchev–Trinajstić information content (AvgIpc) is 3.08. The number of hydrogen-bond acceptors (Lipinski definition) is 3. The Labute approximate surface area is 138 Å². The molecule has 6 heteroatoms. The van der Waals surface area contributed by atoms with Crippen molar-refractivity contribution in [3.8, 4) is 0 Å². The van der Waals surface area contributed by atoms with E-state index < -0.39 is 0 Å². The minimum Gasteiger partial charge on any atom is -0.361 e. The van der Waals surface area contributed by atoms with Gasteiger partial charge in [0, 0.05) is 47.2 Å². The van der Waals surface area contributed by atoms with Crippen molar-refractivity contribution >= 4 is 16.8 Å². The predicted molar refractivity (Wildman–Crippen MR) is 87.1 cm³/mol. The van der Waals surface area contributed by atoms with E-state index in [1.54, 1.807) is 6.07 Å². The standard InChI is InChI=1S/C18H18FN3O2/c1-10-13(11(2)24-21-10)8-18(23)22-6-5-17-15(9-22)14-7-12(19)3-4-16(14)20-17/h3-4,7,20H,5-6,8-9H2,1-2H3. The topological polar surface area (TPSA) is 62.1 Å². The van der Waals surface area contributed by atoms with Crippen molar-refractivity contribution in [2.24, 2.45) is 0 Å². The number of H-pyrrole nitrogens is 1. The zero-order chi connectivity index (χ0) is 16.8. The monoisotopic (exact) mass is 327 g/mol. The van der Waals surface area contributed by atoms with Crippen molar-refractivity contribution in [3.05, 3.63) is 52.3 Å². The van der Waals surface area contributed by atoms with Crippen LogP contribution in [-0.2, 0) is 24.2 Å². The second kappa shape index (κ2) is 5.47. The quantitative estimate of drug-likeness (QED) is 0.787. The summed E-state index contributed by atoms with van der Waals surface area (Å²) in [5.74, 6) is 0.469. The Morgan fingerprint density at radius 2 is 2.25 bits per heavy atom. The lowest BCUT2D eigenvalue weighted by Crippen LogP contribution is -2.36. The summed E-state index contributed by atoms with van der Waals surface area (Å²) in [5.41, 5.74) is 4.64. The van der Waals surface area contributed by atoms with Crippen LogP contribution in [0.15, 0.2) is 22.7 Å². The lowest BCUT2D eigenvalue weighted by Gasteiger charge is -2.27. The molecule has 1 aliphatic heterocycles. The maximum absolute atomic E-state index is 13.6. The van der Waals surface area contributed by atoms with Gasteiger partial charge in [-0.05, 0) is 32.0 Å². The Morgan fingerprint density at radius 3 is 3.00 bits per heavy atom. The summed E-state index contributed by atoms with van der Waals surface area (Å²) in [7, 11) is 0. The fraction of sp³-hybridized carbons (Fsp3) is 0.333. The van der Waals surface area contributed by atoms with Crippen LogP contribution in [0.2, 0.25) is 0 Å². The van der Waals surface area contributed by atoms with Gasteiger partial charge in [-0.15, -0.1) is 0 Å². The van der Waals surface area contributed by atoms with Gasteiger partial charge in [-0.3, -0.25) is 4.79 Å². The number of aromatic nitrogens is 2. The van der Waals surface area contributed by atoms with Crippen LogP contribution in [-0.4, -0.2) is 27.5 Å². The van der Waals surface area contributed by atoms with E-state index in [1.165, 1.54) is 12.1 Å². The molecule has 0 unspecified atom stereocenters. The van der Waals surface area contributed by atoms with Gasteiger partial charge in [0.1, 0.15) is 11.6 Å². The van der Waals surface area contributed by atoms with E-state index in [4.69, 9.17) is 4.52 Å². The largest absolute Gasteiger partial charge is 0.361 e. The summed E-state index contributed by atoms with van der Waals surface area (Å²) in [6.45, 7) is 4.82. The fourth-order valence-corrected chi connectivity index (χ4v) is 3.42. The summed E-state index contributed by atoms with van der Waals surface area (Å²) >= 11 is 0. The van der Waals surface area contributed by atoms with E-state index in [1.807, 2.05) is 18.7 Å². The molecule has 0 radical (unpaired) electrons. The second-order valence-corrected chi connectivity index (χ2v) is 6.32. The SMILES string of the molecule is Cc1noc(C)c1CC(=O)N1CCc2[nH]c3ccc(F)cc3c2C1. The summed E-state index contributed by atoms with van der Waals surface area (Å²) in [4.78, 5) is 17.8. The van der Waals surface area contributed by atoms with Crippen LogP contribution in [0, 0.1) is 19.7 Å². The molecular weight excluding hydrogens is 309 g/mol. The highest BCUT2D eigenvalue weighted by atomic mass is 19.1. The summed E-state index contributed by atoms with van der Waals surface area (Å²) in [6.07, 6.45) is 1.03. The number of aromatic amines is 1. The molecule has 0 aliphatic carbocycles. The van der Waals surface area contributed by atoms with E-state index in [9.17, 15) is 9.18 Å². The molecule has 0 fully saturated rings. The number of carbonyl (C=O) groups excluding carboxylic acids is 1. The van der Waals surface area contributed by atoms with Gasteiger partial charge in [-0.2, -0.15) is 0 Å². The number of hydrogen-bond donors (Lipinski definition) is 1. The van der Waals surface area contributed by atoms with Gasteiger partial charge in [-0.25, -0.2) is 4.39 Å². The Bertz CT molecular complexity index is 922. The van der Waals surface area contributed by atoms with Crippen LogP contribution in [0.3, 0.4) is 0 Å². The average molecular weight is 327 g/mol. The second-order valence-electron chi connectivity index (χ2n) is 6.32. The van der Waals surface area contributed by atoms with Crippen molar-refractivity contribution in [1.29, 1.82) is 0 Å². The Morgan fingerprint density at radius 1 is 1.42 bits per heavy atom. The van der Waals surface area contributed by atoms with Crippen LogP contribution < -0.4 is 0 Å². The van der Waals surface area contributed by atoms with Crippen LogP contribution in [0.25, 0.3) is 10.9 Å². The van der Waals surface area contributed by atoms with Gasteiger partial charge in [0.25, 0.3) is 0 Å². The van der Waals surface area contributed by atoms with Crippen LogP contribution in [0.1, 0.15) is 28.3 Å². The molecule has 1 N–H and O–H groups in total. The fourth-order valence-electron chi connectivity index (χ4n) is 3.42.